The largest absolute Gasteiger partial charge is 0.335 e. The zero-order valence-electron chi connectivity index (χ0n) is 14.4. The van der Waals surface area contributed by atoms with Gasteiger partial charge in [0.2, 0.25) is 5.91 Å². The molecule has 0 saturated carbocycles. The summed E-state index contributed by atoms with van der Waals surface area (Å²) in [5, 5.41) is 0.699. The Hall–Kier alpha value is -1.63. The number of sulfone groups is 1. The number of carbonyl (C=O) groups is 1. The first kappa shape index (κ1) is 19.1. The number of nitrogens with zero attached hydrogens (tertiary/aromatic N) is 1. The lowest BCUT2D eigenvalue weighted by Gasteiger charge is -2.25. The van der Waals surface area contributed by atoms with E-state index in [4.69, 9.17) is 11.6 Å². The van der Waals surface area contributed by atoms with Crippen molar-refractivity contribution in [2.75, 3.05) is 18.1 Å². The summed E-state index contributed by atoms with van der Waals surface area (Å²) >= 11 is 7.50. The van der Waals surface area contributed by atoms with Crippen LogP contribution in [0.3, 0.4) is 0 Å². The van der Waals surface area contributed by atoms with Crippen LogP contribution in [0.4, 0.5) is 0 Å². The third kappa shape index (κ3) is 4.55. The Morgan fingerprint density at radius 2 is 2.00 bits per heavy atom. The summed E-state index contributed by atoms with van der Waals surface area (Å²) < 4.78 is 23.3. The highest BCUT2D eigenvalue weighted by atomic mass is 35.5. The number of thiophene rings is 1. The Morgan fingerprint density at radius 3 is 2.62 bits per heavy atom. The zero-order valence-corrected chi connectivity index (χ0v) is 16.8. The molecule has 26 heavy (non-hydrogen) atoms. The number of amides is 1. The van der Waals surface area contributed by atoms with Gasteiger partial charge in [-0.25, -0.2) is 8.42 Å². The Kier molecular flexibility index (Phi) is 5.85. The smallest absolute Gasteiger partial charge is 0.246 e. The normalized spacial score (nSPS) is 19.1. The van der Waals surface area contributed by atoms with Gasteiger partial charge in [0.25, 0.3) is 0 Å². The van der Waals surface area contributed by atoms with Crippen LogP contribution in [0.15, 0.2) is 42.5 Å². The zero-order chi connectivity index (χ0) is 18.7. The minimum absolute atomic E-state index is 0.0696. The lowest BCUT2D eigenvalue weighted by molar-refractivity contribution is -0.127. The van der Waals surface area contributed by atoms with E-state index in [0.29, 0.717) is 18.0 Å². The van der Waals surface area contributed by atoms with Gasteiger partial charge < -0.3 is 4.90 Å². The van der Waals surface area contributed by atoms with Gasteiger partial charge in [0.15, 0.2) is 9.84 Å². The summed E-state index contributed by atoms with van der Waals surface area (Å²) in [6.07, 6.45) is 3.85. The second-order valence-corrected chi connectivity index (χ2v) is 10.0. The number of benzene rings is 1. The van der Waals surface area contributed by atoms with Gasteiger partial charge >= 0.3 is 0 Å². The van der Waals surface area contributed by atoms with Gasteiger partial charge in [-0.05, 0) is 49.2 Å². The molecule has 1 unspecified atom stereocenters. The van der Waals surface area contributed by atoms with Gasteiger partial charge in [-0.3, -0.25) is 4.79 Å². The van der Waals surface area contributed by atoms with Crippen molar-refractivity contribution in [3.8, 4) is 10.4 Å². The Labute approximate surface area is 163 Å². The second-order valence-electron chi connectivity index (χ2n) is 6.22. The van der Waals surface area contributed by atoms with Crippen molar-refractivity contribution in [2.24, 2.45) is 0 Å². The first-order valence-electron chi connectivity index (χ1n) is 8.43. The van der Waals surface area contributed by atoms with Gasteiger partial charge in [0.05, 0.1) is 11.5 Å². The van der Waals surface area contributed by atoms with Gasteiger partial charge in [-0.15, -0.1) is 11.3 Å². The number of carbonyl (C=O) groups excluding carboxylic acids is 1. The molecule has 1 fully saturated rings. The van der Waals surface area contributed by atoms with Crippen molar-refractivity contribution in [3.05, 3.63) is 52.4 Å². The highest BCUT2D eigenvalue weighted by Gasteiger charge is 2.33. The van der Waals surface area contributed by atoms with E-state index in [9.17, 15) is 13.2 Å². The Bertz CT molecular complexity index is 917. The van der Waals surface area contributed by atoms with E-state index in [-0.39, 0.29) is 23.5 Å². The molecule has 2 heterocycles. The third-order valence-electron chi connectivity index (χ3n) is 4.42. The number of rotatable bonds is 5. The fourth-order valence-electron chi connectivity index (χ4n) is 3.08. The molecule has 1 amide bonds. The minimum atomic E-state index is -3.01. The molecule has 0 aliphatic carbocycles. The Morgan fingerprint density at radius 1 is 1.27 bits per heavy atom. The van der Waals surface area contributed by atoms with E-state index in [0.717, 1.165) is 15.3 Å². The molecule has 2 aromatic rings. The van der Waals surface area contributed by atoms with Gasteiger partial charge in [-0.2, -0.15) is 0 Å². The molecule has 1 aliphatic rings. The molecular formula is C19H20ClNO3S2. The number of halogens is 1. The summed E-state index contributed by atoms with van der Waals surface area (Å²) in [5.41, 5.74) is 1.08. The van der Waals surface area contributed by atoms with E-state index in [2.05, 4.69) is 0 Å². The molecule has 138 valence electrons. The fourth-order valence-corrected chi connectivity index (χ4v) is 5.85. The lowest BCUT2D eigenvalue weighted by Crippen LogP contribution is -2.39. The van der Waals surface area contributed by atoms with Crippen LogP contribution >= 0.6 is 22.9 Å². The first-order chi connectivity index (χ1) is 12.4. The maximum atomic E-state index is 12.5. The predicted molar refractivity (Wildman–Crippen MR) is 108 cm³/mol. The van der Waals surface area contributed by atoms with Crippen LogP contribution in [0.5, 0.6) is 0 Å². The SMILES string of the molecule is CCN(C(=O)/C=C/c1ccc(-c2ccc(Cl)cc2)s1)C1CCS(=O)(=O)C1. The number of hydrogen-bond donors (Lipinski definition) is 0. The summed E-state index contributed by atoms with van der Waals surface area (Å²) in [6.45, 7) is 2.38. The van der Waals surface area contributed by atoms with E-state index in [1.807, 2.05) is 43.3 Å². The van der Waals surface area contributed by atoms with Crippen molar-refractivity contribution in [1.82, 2.24) is 4.90 Å². The van der Waals surface area contributed by atoms with Crippen LogP contribution in [0.25, 0.3) is 16.5 Å². The molecular weight excluding hydrogens is 390 g/mol. The van der Waals surface area contributed by atoms with Gasteiger partial charge in [-0.1, -0.05) is 23.7 Å². The molecule has 0 bridgehead atoms. The van der Waals surface area contributed by atoms with Crippen LogP contribution in [0, 0.1) is 0 Å². The molecule has 7 heteroatoms. The maximum Gasteiger partial charge on any atom is 0.246 e. The molecule has 1 atom stereocenters. The average Bonchev–Trinajstić information content (AvgIpc) is 3.21. The molecule has 0 radical (unpaired) electrons. The van der Waals surface area contributed by atoms with Crippen LogP contribution in [0.1, 0.15) is 18.2 Å². The van der Waals surface area contributed by atoms with E-state index >= 15 is 0 Å². The van der Waals surface area contributed by atoms with E-state index in [1.54, 1.807) is 22.3 Å². The number of likely N-dealkylation sites (N-methyl/N-ethyl adjacent to an activating group) is 1. The first-order valence-corrected chi connectivity index (χ1v) is 11.4. The van der Waals surface area contributed by atoms with Gasteiger partial charge in [0, 0.05) is 33.4 Å². The molecule has 0 spiro atoms. The summed E-state index contributed by atoms with van der Waals surface area (Å²) in [4.78, 5) is 16.2. The minimum Gasteiger partial charge on any atom is -0.335 e. The van der Waals surface area contributed by atoms with Crippen LogP contribution in [0.2, 0.25) is 5.02 Å². The highest BCUT2D eigenvalue weighted by Crippen LogP contribution is 2.29. The topological polar surface area (TPSA) is 54.5 Å². The third-order valence-corrected chi connectivity index (χ3v) is 7.52. The van der Waals surface area contributed by atoms with Crippen molar-refractivity contribution in [2.45, 2.75) is 19.4 Å². The van der Waals surface area contributed by atoms with E-state index in [1.165, 1.54) is 6.08 Å². The lowest BCUT2D eigenvalue weighted by atomic mass is 10.2. The van der Waals surface area contributed by atoms with Crippen LogP contribution < -0.4 is 0 Å². The molecule has 0 N–H and O–H groups in total. The van der Waals surface area contributed by atoms with Crippen molar-refractivity contribution in [1.29, 1.82) is 0 Å². The second kappa shape index (κ2) is 7.94. The molecule has 3 rings (SSSR count). The molecule has 1 aromatic heterocycles. The monoisotopic (exact) mass is 409 g/mol. The average molecular weight is 410 g/mol. The number of hydrogen-bond acceptors (Lipinski definition) is 4. The predicted octanol–water partition coefficient (Wildman–Crippen LogP) is 4.12. The molecule has 1 aromatic carbocycles. The van der Waals surface area contributed by atoms with Crippen molar-refractivity contribution in [3.63, 3.8) is 0 Å². The highest BCUT2D eigenvalue weighted by molar-refractivity contribution is 7.91. The molecule has 1 aliphatic heterocycles. The quantitative estimate of drug-likeness (QED) is 0.698. The fraction of sp³-hybridized carbons (Fsp3) is 0.316. The summed E-state index contributed by atoms with van der Waals surface area (Å²) in [6, 6.07) is 11.4. The van der Waals surface area contributed by atoms with Crippen molar-refractivity contribution >= 4 is 44.8 Å². The van der Waals surface area contributed by atoms with Gasteiger partial charge in [0.1, 0.15) is 0 Å². The standard InChI is InChI=1S/C19H20ClNO3S2/c1-2-21(16-11-12-26(23,24)13-16)19(22)10-8-17-7-9-18(25-17)14-3-5-15(20)6-4-14/h3-10,16H,2,11-13H2,1H3/b10-8+. The van der Waals surface area contributed by atoms with Crippen LogP contribution in [-0.4, -0.2) is 43.3 Å². The summed E-state index contributed by atoms with van der Waals surface area (Å²) in [7, 11) is -3.01. The Balaban J connectivity index is 1.69. The van der Waals surface area contributed by atoms with Crippen molar-refractivity contribution < 1.29 is 13.2 Å². The summed E-state index contributed by atoms with van der Waals surface area (Å²) in [5.74, 6) is 0.0942. The van der Waals surface area contributed by atoms with E-state index < -0.39 is 9.84 Å². The molecule has 4 nitrogen and oxygen atoms in total. The maximum absolute atomic E-state index is 12.5. The van der Waals surface area contributed by atoms with Crippen LogP contribution in [-0.2, 0) is 14.6 Å². The molecule has 1 saturated heterocycles.